The number of aromatic nitrogens is 2. The number of likely N-dealkylation sites (tertiary alicyclic amines) is 1. The third-order valence-electron chi connectivity index (χ3n) is 8.62. The monoisotopic (exact) mass is 667 g/mol. The lowest BCUT2D eigenvalue weighted by Gasteiger charge is -2.32. The maximum atomic E-state index is 14.0. The van der Waals surface area contributed by atoms with E-state index < -0.39 is 46.1 Å². The Bertz CT molecular complexity index is 1650. The molecule has 3 aromatic rings. The summed E-state index contributed by atoms with van der Waals surface area (Å²) in [5.41, 5.74) is 0.709. The second kappa shape index (κ2) is 13.8. The van der Waals surface area contributed by atoms with Crippen molar-refractivity contribution in [3.05, 3.63) is 76.2 Å². The molecule has 2 aliphatic heterocycles. The highest BCUT2D eigenvalue weighted by molar-refractivity contribution is 7.88. The van der Waals surface area contributed by atoms with Crippen molar-refractivity contribution in [2.45, 2.75) is 51.2 Å². The van der Waals surface area contributed by atoms with Crippen LogP contribution in [0.5, 0.6) is 0 Å². The number of halogens is 4. The molecule has 0 aliphatic carbocycles. The van der Waals surface area contributed by atoms with Crippen molar-refractivity contribution in [1.82, 2.24) is 24.3 Å². The predicted octanol–water partition coefficient (Wildman–Crippen LogP) is 3.02. The van der Waals surface area contributed by atoms with Gasteiger partial charge in [0.1, 0.15) is 5.82 Å². The second-order valence-corrected chi connectivity index (χ2v) is 13.9. The fraction of sp³-hybridized carbons (Fsp3) is 0.484. The summed E-state index contributed by atoms with van der Waals surface area (Å²) in [5.74, 6) is -0.994. The number of fused-ring (bicyclic) bond motifs is 1. The van der Waals surface area contributed by atoms with Crippen LogP contribution in [0.3, 0.4) is 0 Å². The molecule has 3 heterocycles. The van der Waals surface area contributed by atoms with Crippen LogP contribution in [0.1, 0.15) is 45.6 Å². The minimum Gasteiger partial charge on any atom is -0.396 e. The Labute approximate surface area is 264 Å². The summed E-state index contributed by atoms with van der Waals surface area (Å²) < 4.78 is 83.1. The third-order valence-corrected chi connectivity index (χ3v) is 9.87. The number of aliphatic hydroxyl groups is 2. The van der Waals surface area contributed by atoms with E-state index in [1.807, 2.05) is 0 Å². The van der Waals surface area contributed by atoms with E-state index in [1.54, 1.807) is 4.68 Å². The van der Waals surface area contributed by atoms with Crippen molar-refractivity contribution >= 4 is 15.9 Å². The highest BCUT2D eigenvalue weighted by atomic mass is 32.2. The number of nitrogens with zero attached hydrogens (tertiary/aromatic N) is 4. The molecule has 1 saturated heterocycles. The quantitative estimate of drug-likeness (QED) is 0.284. The highest BCUT2D eigenvalue weighted by Crippen LogP contribution is 2.37. The van der Waals surface area contributed by atoms with Crippen LogP contribution in [0, 0.1) is 11.7 Å². The predicted molar refractivity (Wildman–Crippen MR) is 161 cm³/mol. The Morgan fingerprint density at radius 1 is 1.09 bits per heavy atom. The molecule has 1 amide bonds. The van der Waals surface area contributed by atoms with E-state index in [0.717, 1.165) is 50.4 Å². The van der Waals surface area contributed by atoms with Gasteiger partial charge in [-0.1, -0.05) is 6.07 Å². The van der Waals surface area contributed by atoms with Crippen molar-refractivity contribution in [1.29, 1.82) is 0 Å². The Kier molecular flexibility index (Phi) is 10.2. The minimum absolute atomic E-state index is 0.0358. The first-order valence-electron chi connectivity index (χ1n) is 15.0. The average Bonchev–Trinajstić information content (AvgIpc) is 3.37. The maximum absolute atomic E-state index is 14.0. The molecule has 1 aromatic heterocycles. The summed E-state index contributed by atoms with van der Waals surface area (Å²) in [6, 6.07) is 8.05. The summed E-state index contributed by atoms with van der Waals surface area (Å²) in [4.78, 5) is 14.7. The zero-order chi connectivity index (χ0) is 33.2. The van der Waals surface area contributed by atoms with Crippen LogP contribution < -0.4 is 5.32 Å². The van der Waals surface area contributed by atoms with Gasteiger partial charge in [0.2, 0.25) is 10.0 Å². The molecule has 15 heteroatoms. The number of benzene rings is 2. The number of sulfonamides is 1. The van der Waals surface area contributed by atoms with Gasteiger partial charge in [0.15, 0.2) is 0 Å². The molecule has 1 atom stereocenters. The molecule has 5 rings (SSSR count). The van der Waals surface area contributed by atoms with Crippen LogP contribution in [0.4, 0.5) is 17.6 Å². The average molecular weight is 668 g/mol. The van der Waals surface area contributed by atoms with Gasteiger partial charge in [-0.2, -0.15) is 22.6 Å². The van der Waals surface area contributed by atoms with Gasteiger partial charge in [-0.3, -0.25) is 9.48 Å². The molecule has 1 unspecified atom stereocenters. The first kappa shape index (κ1) is 34.0. The van der Waals surface area contributed by atoms with Crippen molar-refractivity contribution in [3.63, 3.8) is 0 Å². The fourth-order valence-electron chi connectivity index (χ4n) is 6.08. The normalized spacial score (nSPS) is 17.5. The van der Waals surface area contributed by atoms with Crippen molar-refractivity contribution in [3.8, 4) is 11.3 Å². The largest absolute Gasteiger partial charge is 0.416 e. The Balaban J connectivity index is 1.44. The van der Waals surface area contributed by atoms with Gasteiger partial charge in [0.05, 0.1) is 30.2 Å². The summed E-state index contributed by atoms with van der Waals surface area (Å²) in [5, 5.41) is 27.6. The van der Waals surface area contributed by atoms with Gasteiger partial charge < -0.3 is 20.4 Å². The molecule has 0 saturated carbocycles. The number of amides is 1. The Morgan fingerprint density at radius 2 is 1.78 bits per heavy atom. The first-order valence-corrected chi connectivity index (χ1v) is 16.9. The SMILES string of the molecule is CS(=O)(=O)N1CCc2c(c(-c3ccc(C(F)(F)F)c(CNC(=O)c4ccc(F)cc4)c3)nn2CC(O)CN2CCC(CO)CC2)C1. The molecule has 0 radical (unpaired) electrons. The number of hydrogen-bond donors (Lipinski definition) is 3. The smallest absolute Gasteiger partial charge is 0.396 e. The molecule has 1 fully saturated rings. The van der Waals surface area contributed by atoms with Crippen LogP contribution in [0.15, 0.2) is 42.5 Å². The molecule has 0 spiro atoms. The molecule has 2 aromatic carbocycles. The topological polar surface area (TPSA) is 128 Å². The Hall–Kier alpha value is -3.37. The van der Waals surface area contributed by atoms with Crippen LogP contribution in [0.2, 0.25) is 0 Å². The van der Waals surface area contributed by atoms with Gasteiger partial charge in [-0.15, -0.1) is 0 Å². The van der Waals surface area contributed by atoms with Gasteiger partial charge in [0, 0.05) is 61.6 Å². The molecule has 46 heavy (non-hydrogen) atoms. The number of carbonyl (C=O) groups excluding carboxylic acids is 1. The number of aliphatic hydroxyl groups excluding tert-OH is 2. The zero-order valence-electron chi connectivity index (χ0n) is 25.3. The van der Waals surface area contributed by atoms with Gasteiger partial charge >= 0.3 is 6.18 Å². The van der Waals surface area contributed by atoms with Crippen molar-refractivity contribution < 1.29 is 41.0 Å². The molecular formula is C31H37F4N5O5S. The summed E-state index contributed by atoms with van der Waals surface area (Å²) >= 11 is 0. The molecule has 250 valence electrons. The number of hydrogen-bond acceptors (Lipinski definition) is 7. The maximum Gasteiger partial charge on any atom is 0.416 e. The molecule has 10 nitrogen and oxygen atoms in total. The lowest BCUT2D eigenvalue weighted by Crippen LogP contribution is -2.41. The number of piperidine rings is 1. The first-order chi connectivity index (χ1) is 21.7. The summed E-state index contributed by atoms with van der Waals surface area (Å²) in [6.07, 6.45) is -2.51. The third kappa shape index (κ3) is 7.94. The van der Waals surface area contributed by atoms with Gasteiger partial charge in [-0.05, 0) is 73.8 Å². The van der Waals surface area contributed by atoms with E-state index in [1.165, 1.54) is 28.6 Å². The van der Waals surface area contributed by atoms with E-state index in [2.05, 4.69) is 10.2 Å². The summed E-state index contributed by atoms with van der Waals surface area (Å²) in [7, 11) is -3.59. The number of rotatable bonds is 10. The lowest BCUT2D eigenvalue weighted by molar-refractivity contribution is -0.138. The number of alkyl halides is 3. The number of nitrogens with one attached hydrogen (secondary N) is 1. The highest BCUT2D eigenvalue weighted by Gasteiger charge is 2.35. The lowest BCUT2D eigenvalue weighted by atomic mass is 9.97. The zero-order valence-corrected chi connectivity index (χ0v) is 26.1. The van der Waals surface area contributed by atoms with Crippen molar-refractivity contribution in [2.75, 3.05) is 39.0 Å². The van der Waals surface area contributed by atoms with Gasteiger partial charge in [-0.25, -0.2) is 12.8 Å². The van der Waals surface area contributed by atoms with E-state index in [4.69, 9.17) is 5.10 Å². The number of carbonyl (C=O) groups is 1. The van der Waals surface area contributed by atoms with Crippen LogP contribution in [-0.2, 0) is 42.3 Å². The summed E-state index contributed by atoms with van der Waals surface area (Å²) in [6.45, 7) is 1.75. The van der Waals surface area contributed by atoms with Crippen LogP contribution in [-0.4, -0.2) is 88.7 Å². The fourth-order valence-corrected chi connectivity index (χ4v) is 6.87. The molecule has 2 aliphatic rings. The van der Waals surface area contributed by atoms with E-state index >= 15 is 0 Å². The van der Waals surface area contributed by atoms with E-state index in [-0.39, 0.29) is 43.3 Å². The standard InChI is InChI=1S/C31H37F4N5O5S/c1-46(44,45)39-13-10-28-26(18-39)29(37-40(28)17-25(42)16-38-11-8-20(19-41)9-12-38)22-4-7-27(31(33,34)35)23(14-22)15-36-30(43)21-2-5-24(32)6-3-21/h2-7,14,20,25,41-42H,8-13,15-19H2,1H3,(H,36,43). The van der Waals surface area contributed by atoms with Crippen molar-refractivity contribution in [2.24, 2.45) is 5.92 Å². The molecule has 3 N–H and O–H groups in total. The van der Waals surface area contributed by atoms with E-state index in [9.17, 15) is 41.0 Å². The minimum atomic E-state index is -4.73. The van der Waals surface area contributed by atoms with Crippen LogP contribution >= 0.6 is 0 Å². The Morgan fingerprint density at radius 3 is 2.41 bits per heavy atom. The van der Waals surface area contributed by atoms with Gasteiger partial charge in [0.25, 0.3) is 5.91 Å². The molecular weight excluding hydrogens is 630 g/mol. The van der Waals surface area contributed by atoms with E-state index in [0.29, 0.717) is 35.5 Å². The van der Waals surface area contributed by atoms with Crippen LogP contribution in [0.25, 0.3) is 11.3 Å². The second-order valence-electron chi connectivity index (χ2n) is 11.9. The molecule has 0 bridgehead atoms. The number of β-amino-alcohol motifs (C(OH)–C–C–N with tert-alkyl or cyclic N) is 1.